The van der Waals surface area contributed by atoms with Crippen LogP contribution in [0, 0.1) is 0 Å². The largest absolute Gasteiger partial charge is 0.426 e. The summed E-state index contributed by atoms with van der Waals surface area (Å²) in [5.41, 5.74) is 3.16. The number of thiophene rings is 1. The number of aryl methyl sites for hydroxylation is 1. The van der Waals surface area contributed by atoms with E-state index in [9.17, 15) is 9.59 Å². The monoisotopic (exact) mass is 496 g/mol. The number of benzene rings is 2. The third kappa shape index (κ3) is 5.11. The molecule has 1 amide bonds. The van der Waals surface area contributed by atoms with Crippen LogP contribution in [0.2, 0.25) is 0 Å². The van der Waals surface area contributed by atoms with Crippen LogP contribution < -0.4 is 10.1 Å². The van der Waals surface area contributed by atoms with E-state index in [1.807, 2.05) is 36.4 Å². The lowest BCUT2D eigenvalue weighted by Crippen LogP contribution is -2.14. The van der Waals surface area contributed by atoms with Gasteiger partial charge in [-0.2, -0.15) is 0 Å². The number of nitrogens with one attached hydrogen (secondary N) is 1. The summed E-state index contributed by atoms with van der Waals surface area (Å²) in [4.78, 5) is 30.5. The molecule has 1 aliphatic carbocycles. The fraction of sp³-hybridized carbons (Fsp3) is 0.208. The van der Waals surface area contributed by atoms with Crippen molar-refractivity contribution in [3.63, 3.8) is 0 Å². The molecule has 1 heterocycles. The van der Waals surface area contributed by atoms with E-state index < -0.39 is 5.97 Å². The highest BCUT2D eigenvalue weighted by Crippen LogP contribution is 2.40. The molecule has 0 saturated carbocycles. The van der Waals surface area contributed by atoms with Crippen LogP contribution in [0.15, 0.2) is 58.0 Å². The minimum atomic E-state index is -0.397. The van der Waals surface area contributed by atoms with Crippen molar-refractivity contribution in [1.29, 1.82) is 0 Å². The van der Waals surface area contributed by atoms with Crippen molar-refractivity contribution in [2.75, 3.05) is 5.32 Å². The maximum Gasteiger partial charge on any atom is 0.308 e. The molecule has 1 aromatic heterocycles. The topological polar surface area (TPSA) is 67.8 Å². The summed E-state index contributed by atoms with van der Waals surface area (Å²) in [6.07, 6.45) is 5.70. The molecule has 158 valence electrons. The van der Waals surface area contributed by atoms with Crippen molar-refractivity contribution >= 4 is 56.0 Å². The second kappa shape index (κ2) is 9.58. The summed E-state index contributed by atoms with van der Waals surface area (Å²) in [7, 11) is 0. The van der Waals surface area contributed by atoms with Gasteiger partial charge in [0.1, 0.15) is 10.8 Å². The van der Waals surface area contributed by atoms with Gasteiger partial charge in [-0.05, 0) is 61.6 Å². The number of hydrogen-bond acceptors (Lipinski definition) is 5. The number of fused-ring (bicyclic) bond motifs is 1. The minimum Gasteiger partial charge on any atom is -0.426 e. The molecule has 2 aromatic carbocycles. The number of hydrogen-bond donors (Lipinski definition) is 1. The second-order valence-electron chi connectivity index (χ2n) is 7.25. The van der Waals surface area contributed by atoms with E-state index in [0.29, 0.717) is 21.9 Å². The molecule has 5 nitrogen and oxygen atoms in total. The SMILES string of the molecule is CC(=O)Oc1ccc(Br)cc1C=Nc1sc2c(c1C(=O)Nc1ccccc1)CCCC2. The van der Waals surface area contributed by atoms with E-state index in [2.05, 4.69) is 26.2 Å². The lowest BCUT2D eigenvalue weighted by Gasteiger charge is -2.12. The van der Waals surface area contributed by atoms with Gasteiger partial charge in [0.15, 0.2) is 0 Å². The summed E-state index contributed by atoms with van der Waals surface area (Å²) in [6, 6.07) is 14.8. The van der Waals surface area contributed by atoms with Crippen LogP contribution >= 0.6 is 27.3 Å². The van der Waals surface area contributed by atoms with E-state index in [1.54, 1.807) is 29.7 Å². The number of carbonyl (C=O) groups excluding carboxylic acids is 2. The first kappa shape index (κ1) is 21.5. The smallest absolute Gasteiger partial charge is 0.308 e. The number of halogens is 1. The van der Waals surface area contributed by atoms with E-state index in [4.69, 9.17) is 4.74 Å². The highest BCUT2D eigenvalue weighted by atomic mass is 79.9. The van der Waals surface area contributed by atoms with Gasteiger partial charge in [0, 0.05) is 33.7 Å². The number of rotatable bonds is 5. The van der Waals surface area contributed by atoms with Crippen molar-refractivity contribution in [2.24, 2.45) is 4.99 Å². The van der Waals surface area contributed by atoms with Crippen molar-refractivity contribution in [1.82, 2.24) is 0 Å². The highest BCUT2D eigenvalue weighted by molar-refractivity contribution is 9.10. The zero-order chi connectivity index (χ0) is 21.8. The summed E-state index contributed by atoms with van der Waals surface area (Å²) >= 11 is 5.01. The maximum absolute atomic E-state index is 13.2. The molecule has 0 bridgehead atoms. The molecule has 31 heavy (non-hydrogen) atoms. The number of carbonyl (C=O) groups is 2. The molecule has 0 saturated heterocycles. The fourth-order valence-electron chi connectivity index (χ4n) is 3.59. The molecular formula is C24H21BrN2O3S. The summed E-state index contributed by atoms with van der Waals surface area (Å²) in [6.45, 7) is 1.36. The first-order valence-corrected chi connectivity index (χ1v) is 11.6. The first-order chi connectivity index (χ1) is 15.0. The zero-order valence-corrected chi connectivity index (χ0v) is 19.4. The zero-order valence-electron chi connectivity index (χ0n) is 17.0. The van der Waals surface area contributed by atoms with Crippen LogP contribution in [0.5, 0.6) is 5.75 Å². The number of aliphatic imine (C=N–C) groups is 1. The average molecular weight is 497 g/mol. The van der Waals surface area contributed by atoms with Crippen molar-refractivity contribution in [2.45, 2.75) is 32.6 Å². The Morgan fingerprint density at radius 3 is 2.68 bits per heavy atom. The van der Waals surface area contributed by atoms with Crippen molar-refractivity contribution in [3.05, 3.63) is 74.6 Å². The number of nitrogens with zero attached hydrogens (tertiary/aromatic N) is 1. The molecule has 4 rings (SSSR count). The van der Waals surface area contributed by atoms with Gasteiger partial charge in [0.05, 0.1) is 5.56 Å². The van der Waals surface area contributed by atoms with Crippen molar-refractivity contribution < 1.29 is 14.3 Å². The van der Waals surface area contributed by atoms with Crippen molar-refractivity contribution in [3.8, 4) is 5.75 Å². The molecule has 0 fully saturated rings. The predicted octanol–water partition coefficient (Wildman–Crippen LogP) is 6.32. The Hall–Kier alpha value is -2.77. The lowest BCUT2D eigenvalue weighted by molar-refractivity contribution is -0.131. The van der Waals surface area contributed by atoms with Crippen LogP contribution in [0.4, 0.5) is 10.7 Å². The molecule has 7 heteroatoms. The Morgan fingerprint density at radius 1 is 1.13 bits per heavy atom. The summed E-state index contributed by atoms with van der Waals surface area (Å²) < 4.78 is 6.14. The normalized spacial score (nSPS) is 13.1. The quantitative estimate of drug-likeness (QED) is 0.255. The van der Waals surface area contributed by atoms with Gasteiger partial charge in [-0.25, -0.2) is 4.99 Å². The molecule has 0 spiro atoms. The number of para-hydroxylation sites is 1. The predicted molar refractivity (Wildman–Crippen MR) is 128 cm³/mol. The summed E-state index contributed by atoms with van der Waals surface area (Å²) in [5, 5.41) is 3.67. The molecule has 0 unspecified atom stereocenters. The van der Waals surface area contributed by atoms with Gasteiger partial charge < -0.3 is 10.1 Å². The number of anilines is 1. The Morgan fingerprint density at radius 2 is 1.90 bits per heavy atom. The van der Waals surface area contributed by atoms with Crippen LogP contribution in [-0.4, -0.2) is 18.1 Å². The minimum absolute atomic E-state index is 0.146. The molecular weight excluding hydrogens is 476 g/mol. The molecule has 0 aliphatic heterocycles. The lowest BCUT2D eigenvalue weighted by atomic mass is 9.95. The van der Waals surface area contributed by atoms with E-state index in [-0.39, 0.29) is 5.91 Å². The van der Waals surface area contributed by atoms with Crippen LogP contribution in [0.1, 0.15) is 46.1 Å². The fourth-order valence-corrected chi connectivity index (χ4v) is 5.20. The van der Waals surface area contributed by atoms with Crippen LogP contribution in [0.25, 0.3) is 0 Å². The second-order valence-corrected chi connectivity index (χ2v) is 9.24. The van der Waals surface area contributed by atoms with Gasteiger partial charge >= 0.3 is 5.97 Å². The molecule has 3 aromatic rings. The Labute approximate surface area is 193 Å². The third-order valence-electron chi connectivity index (χ3n) is 4.96. The number of esters is 1. The molecule has 0 radical (unpaired) electrons. The number of ether oxygens (including phenoxy) is 1. The van der Waals surface area contributed by atoms with Gasteiger partial charge in [-0.3, -0.25) is 9.59 Å². The average Bonchev–Trinajstić information content (AvgIpc) is 3.13. The highest BCUT2D eigenvalue weighted by Gasteiger charge is 2.25. The van der Waals surface area contributed by atoms with Gasteiger partial charge in [-0.1, -0.05) is 34.1 Å². The van der Waals surface area contributed by atoms with Crippen LogP contribution in [-0.2, 0) is 17.6 Å². The van der Waals surface area contributed by atoms with Gasteiger partial charge in [0.25, 0.3) is 5.91 Å². The van der Waals surface area contributed by atoms with E-state index >= 15 is 0 Å². The van der Waals surface area contributed by atoms with E-state index in [0.717, 1.165) is 41.4 Å². The third-order valence-corrected chi connectivity index (χ3v) is 6.65. The molecule has 0 atom stereocenters. The standard InChI is InChI=1S/C24H21BrN2O3S/c1-15(28)30-20-12-11-17(25)13-16(20)14-26-24-22(19-9-5-6-10-21(19)31-24)23(29)27-18-7-3-2-4-8-18/h2-4,7-8,11-14H,5-6,9-10H2,1H3,(H,27,29). The maximum atomic E-state index is 13.2. The van der Waals surface area contributed by atoms with Crippen LogP contribution in [0.3, 0.4) is 0 Å². The van der Waals surface area contributed by atoms with Gasteiger partial charge in [-0.15, -0.1) is 11.3 Å². The number of amides is 1. The molecule has 1 aliphatic rings. The summed E-state index contributed by atoms with van der Waals surface area (Å²) in [5.74, 6) is -0.116. The molecule has 1 N–H and O–H groups in total. The Bertz CT molecular complexity index is 1160. The Kier molecular flexibility index (Phi) is 6.63. The van der Waals surface area contributed by atoms with E-state index in [1.165, 1.54) is 11.8 Å². The van der Waals surface area contributed by atoms with Gasteiger partial charge in [0.2, 0.25) is 0 Å². The Balaban J connectivity index is 1.71. The first-order valence-electron chi connectivity index (χ1n) is 10.0.